The molecule has 0 fully saturated rings. The molecule has 0 unspecified atom stereocenters. The lowest BCUT2D eigenvalue weighted by Crippen LogP contribution is -2.18. The monoisotopic (exact) mass is 474 g/mol. The lowest BCUT2D eigenvalue weighted by Gasteiger charge is -2.16. The summed E-state index contributed by atoms with van der Waals surface area (Å²) in [6, 6.07) is 20.5. The van der Waals surface area contributed by atoms with Crippen molar-refractivity contribution in [1.29, 1.82) is 0 Å². The van der Waals surface area contributed by atoms with Gasteiger partial charge in [-0.3, -0.25) is 0 Å². The Morgan fingerprint density at radius 3 is 2.39 bits per heavy atom. The second-order valence-electron chi connectivity index (χ2n) is 6.95. The Morgan fingerprint density at radius 2 is 1.73 bits per heavy atom. The van der Waals surface area contributed by atoms with Crippen LogP contribution in [0.15, 0.2) is 83.8 Å². The van der Waals surface area contributed by atoms with Crippen LogP contribution in [0.25, 0.3) is 5.57 Å². The molecule has 3 rings (SSSR count). The Kier molecular flexibility index (Phi) is 8.06. The molecule has 0 aliphatic rings. The standard InChI is InChI=1S/C25H21F3O4S/c1-17-15-19(31-16-24(29)30)11-12-23(17)33-14-13-20(18-7-3-2-4-8-18)21-9-5-6-10-22(21)32-25(26,27)28/h2-13,15H,14,16H2,1H3,(H,29,30). The molecular weight excluding hydrogens is 453 g/mol. The fourth-order valence-corrected chi connectivity index (χ4v) is 4.02. The van der Waals surface area contributed by atoms with Gasteiger partial charge in [0.05, 0.1) is 0 Å². The Bertz CT molecular complexity index is 1130. The highest BCUT2D eigenvalue weighted by Gasteiger charge is 2.32. The summed E-state index contributed by atoms with van der Waals surface area (Å²) < 4.78 is 48.3. The SMILES string of the molecule is Cc1cc(OCC(=O)O)ccc1SCC=C(c1ccccc1)c1ccccc1OC(F)(F)F. The summed E-state index contributed by atoms with van der Waals surface area (Å²) in [4.78, 5) is 11.6. The zero-order chi connectivity index (χ0) is 23.8. The van der Waals surface area contributed by atoms with Crippen molar-refractivity contribution in [2.45, 2.75) is 18.2 Å². The van der Waals surface area contributed by atoms with Crippen LogP contribution in [0.3, 0.4) is 0 Å². The molecule has 0 atom stereocenters. The number of carbonyl (C=O) groups is 1. The van der Waals surface area contributed by atoms with Gasteiger partial charge in [-0.1, -0.05) is 54.6 Å². The summed E-state index contributed by atoms with van der Waals surface area (Å²) in [5.41, 5.74) is 2.64. The van der Waals surface area contributed by atoms with Crippen LogP contribution in [0.2, 0.25) is 0 Å². The maximum atomic E-state index is 12.9. The number of ether oxygens (including phenoxy) is 2. The quantitative estimate of drug-likeness (QED) is 0.355. The molecular formula is C25H21F3O4S. The van der Waals surface area contributed by atoms with Gasteiger partial charge in [-0.25, -0.2) is 4.79 Å². The van der Waals surface area contributed by atoms with Crippen molar-refractivity contribution in [2.75, 3.05) is 12.4 Å². The fraction of sp³-hybridized carbons (Fsp3) is 0.160. The first-order chi connectivity index (χ1) is 15.7. The molecule has 0 saturated heterocycles. The normalized spacial score (nSPS) is 11.8. The Hall–Kier alpha value is -3.39. The molecule has 0 saturated carbocycles. The lowest BCUT2D eigenvalue weighted by atomic mass is 9.97. The second-order valence-corrected chi connectivity index (χ2v) is 8.01. The predicted octanol–water partition coefficient (Wildman–Crippen LogP) is 6.58. The zero-order valence-electron chi connectivity index (χ0n) is 17.6. The van der Waals surface area contributed by atoms with Gasteiger partial charge in [0.15, 0.2) is 6.61 Å². The van der Waals surface area contributed by atoms with Gasteiger partial charge in [-0.05, 0) is 47.9 Å². The van der Waals surface area contributed by atoms with Gasteiger partial charge in [0, 0.05) is 16.2 Å². The first kappa shape index (κ1) is 24.3. The molecule has 0 amide bonds. The smallest absolute Gasteiger partial charge is 0.482 e. The van der Waals surface area contributed by atoms with Crippen LogP contribution < -0.4 is 9.47 Å². The highest BCUT2D eigenvalue weighted by atomic mass is 32.2. The summed E-state index contributed by atoms with van der Waals surface area (Å²) in [6.07, 6.45) is -2.93. The molecule has 0 aromatic heterocycles. The van der Waals surface area contributed by atoms with E-state index in [9.17, 15) is 18.0 Å². The van der Waals surface area contributed by atoms with E-state index in [0.717, 1.165) is 16.0 Å². The molecule has 0 heterocycles. The molecule has 0 bridgehead atoms. The summed E-state index contributed by atoms with van der Waals surface area (Å²) in [5, 5.41) is 8.73. The van der Waals surface area contributed by atoms with E-state index in [1.54, 1.807) is 24.3 Å². The molecule has 0 radical (unpaired) electrons. The van der Waals surface area contributed by atoms with Crippen LogP contribution >= 0.6 is 11.8 Å². The molecule has 4 nitrogen and oxygen atoms in total. The van der Waals surface area contributed by atoms with E-state index in [0.29, 0.717) is 22.6 Å². The van der Waals surface area contributed by atoms with E-state index in [1.165, 1.54) is 23.9 Å². The molecule has 0 aliphatic carbocycles. The topological polar surface area (TPSA) is 55.8 Å². The van der Waals surface area contributed by atoms with Crippen LogP contribution in [-0.2, 0) is 4.79 Å². The largest absolute Gasteiger partial charge is 0.573 e. The van der Waals surface area contributed by atoms with Crippen molar-refractivity contribution < 1.29 is 32.5 Å². The first-order valence-corrected chi connectivity index (χ1v) is 10.9. The average molecular weight is 475 g/mol. The predicted molar refractivity (Wildman–Crippen MR) is 122 cm³/mol. The Balaban J connectivity index is 1.86. The van der Waals surface area contributed by atoms with Gasteiger partial charge in [0.25, 0.3) is 0 Å². The van der Waals surface area contributed by atoms with E-state index in [4.69, 9.17) is 9.84 Å². The molecule has 1 N–H and O–H groups in total. The van der Waals surface area contributed by atoms with Crippen molar-refractivity contribution in [1.82, 2.24) is 0 Å². The Labute approximate surface area is 193 Å². The van der Waals surface area contributed by atoms with Crippen molar-refractivity contribution in [3.63, 3.8) is 0 Å². The third-order valence-corrected chi connectivity index (χ3v) is 5.63. The zero-order valence-corrected chi connectivity index (χ0v) is 18.5. The summed E-state index contributed by atoms with van der Waals surface area (Å²) in [5.74, 6) is -0.375. The molecule has 0 aliphatic heterocycles. The number of aliphatic carboxylic acids is 1. The minimum Gasteiger partial charge on any atom is -0.482 e. The third kappa shape index (κ3) is 7.32. The minimum absolute atomic E-state index is 0.263. The van der Waals surface area contributed by atoms with Crippen LogP contribution in [0, 0.1) is 6.92 Å². The summed E-state index contributed by atoms with van der Waals surface area (Å²) in [6.45, 7) is 1.46. The fourth-order valence-electron chi connectivity index (χ4n) is 3.14. The number of carboxylic acids is 1. The molecule has 33 heavy (non-hydrogen) atoms. The number of hydrogen-bond acceptors (Lipinski definition) is 4. The van der Waals surface area contributed by atoms with Gasteiger partial charge in [0.2, 0.25) is 0 Å². The number of aryl methyl sites for hydroxylation is 1. The van der Waals surface area contributed by atoms with Gasteiger partial charge in [0.1, 0.15) is 11.5 Å². The number of para-hydroxylation sites is 1. The van der Waals surface area contributed by atoms with Crippen molar-refractivity contribution >= 4 is 23.3 Å². The van der Waals surface area contributed by atoms with E-state index in [1.807, 2.05) is 49.4 Å². The number of alkyl halides is 3. The molecule has 0 spiro atoms. The van der Waals surface area contributed by atoms with E-state index in [-0.39, 0.29) is 5.75 Å². The van der Waals surface area contributed by atoms with Crippen molar-refractivity contribution in [3.8, 4) is 11.5 Å². The Morgan fingerprint density at radius 1 is 1.03 bits per heavy atom. The molecule has 172 valence electrons. The number of benzene rings is 3. The minimum atomic E-state index is -4.80. The lowest BCUT2D eigenvalue weighted by molar-refractivity contribution is -0.274. The third-order valence-electron chi connectivity index (χ3n) is 4.52. The number of halogens is 3. The van der Waals surface area contributed by atoms with Gasteiger partial charge >= 0.3 is 12.3 Å². The maximum absolute atomic E-state index is 12.9. The van der Waals surface area contributed by atoms with Crippen molar-refractivity contribution in [3.05, 3.63) is 95.6 Å². The van der Waals surface area contributed by atoms with Crippen LogP contribution in [0.4, 0.5) is 13.2 Å². The molecule has 3 aromatic carbocycles. The van der Waals surface area contributed by atoms with E-state index >= 15 is 0 Å². The van der Waals surface area contributed by atoms with Gasteiger partial charge in [-0.15, -0.1) is 24.9 Å². The van der Waals surface area contributed by atoms with Crippen LogP contribution in [0.1, 0.15) is 16.7 Å². The average Bonchev–Trinajstić information content (AvgIpc) is 2.77. The second kappa shape index (κ2) is 11.0. The number of thioether (sulfide) groups is 1. The highest BCUT2D eigenvalue weighted by Crippen LogP contribution is 2.35. The van der Waals surface area contributed by atoms with E-state index < -0.39 is 18.9 Å². The molecule has 3 aromatic rings. The van der Waals surface area contributed by atoms with E-state index in [2.05, 4.69) is 4.74 Å². The van der Waals surface area contributed by atoms with Crippen LogP contribution in [0.5, 0.6) is 11.5 Å². The molecule has 8 heteroatoms. The van der Waals surface area contributed by atoms with Crippen molar-refractivity contribution in [2.24, 2.45) is 0 Å². The highest BCUT2D eigenvalue weighted by molar-refractivity contribution is 7.99. The van der Waals surface area contributed by atoms with Gasteiger partial charge in [-0.2, -0.15) is 0 Å². The number of hydrogen-bond donors (Lipinski definition) is 1. The maximum Gasteiger partial charge on any atom is 0.573 e. The summed E-state index contributed by atoms with van der Waals surface area (Å²) >= 11 is 1.51. The summed E-state index contributed by atoms with van der Waals surface area (Å²) in [7, 11) is 0. The van der Waals surface area contributed by atoms with Gasteiger partial charge < -0.3 is 14.6 Å². The number of rotatable bonds is 9. The van der Waals surface area contributed by atoms with Crippen LogP contribution in [-0.4, -0.2) is 29.8 Å². The number of carboxylic acid groups (broad SMARTS) is 1. The first-order valence-electron chi connectivity index (χ1n) is 9.92.